The first-order chi connectivity index (χ1) is 7.54. The van der Waals surface area contributed by atoms with Crippen LogP contribution in [0.5, 0.6) is 0 Å². The Morgan fingerprint density at radius 1 is 0.875 bits per heavy atom. The molecule has 0 aliphatic heterocycles. The Kier molecular flexibility index (Phi) is 2.66. The summed E-state index contributed by atoms with van der Waals surface area (Å²) in [6.45, 7) is 8.76. The number of hydrogen-bond acceptors (Lipinski definition) is 1. The van der Waals surface area contributed by atoms with Gasteiger partial charge in [-0.05, 0) is 11.8 Å². The number of rotatable bonds is 2. The molecule has 1 heterocycles. The molecule has 0 fully saturated rings. The second-order valence-corrected chi connectivity index (χ2v) is 5.00. The molecule has 0 aliphatic carbocycles. The molecule has 0 saturated heterocycles. The number of nitrogens with two attached hydrogens (primary N) is 1. The number of hydrogen-bond donors (Lipinski definition) is 1. The van der Waals surface area contributed by atoms with E-state index in [0.717, 1.165) is 0 Å². The van der Waals surface area contributed by atoms with Crippen molar-refractivity contribution < 1.29 is 0 Å². The van der Waals surface area contributed by atoms with Crippen molar-refractivity contribution in [2.75, 3.05) is 5.84 Å². The molecule has 0 saturated carbocycles. The first-order valence-corrected chi connectivity index (χ1v) is 5.92. The van der Waals surface area contributed by atoms with Gasteiger partial charge in [-0.25, -0.2) is 0 Å². The molecule has 0 bridgehead atoms. The molecule has 16 heavy (non-hydrogen) atoms. The van der Waals surface area contributed by atoms with Gasteiger partial charge in [0, 0.05) is 22.2 Å². The summed E-state index contributed by atoms with van der Waals surface area (Å²) in [6.07, 6.45) is 0. The smallest absolute Gasteiger partial charge is 0.0499 e. The molecule has 1 aromatic carbocycles. The summed E-state index contributed by atoms with van der Waals surface area (Å²) in [5, 5.41) is 2.59. The van der Waals surface area contributed by atoms with Crippen LogP contribution in [0, 0.1) is 0 Å². The predicted molar refractivity (Wildman–Crippen MR) is 70.3 cm³/mol. The van der Waals surface area contributed by atoms with Gasteiger partial charge in [0.1, 0.15) is 0 Å². The van der Waals surface area contributed by atoms with Crippen LogP contribution >= 0.6 is 0 Å². The summed E-state index contributed by atoms with van der Waals surface area (Å²) in [6, 6.07) is 8.50. The second kappa shape index (κ2) is 3.85. The molecule has 2 aromatic rings. The average Bonchev–Trinajstić information content (AvgIpc) is 2.49. The summed E-state index contributed by atoms with van der Waals surface area (Å²) in [7, 11) is 0. The SMILES string of the molecule is CC(C)c1c2ccccc2c(C(C)C)n1N. The van der Waals surface area contributed by atoms with Gasteiger partial charge >= 0.3 is 0 Å². The van der Waals surface area contributed by atoms with Crippen molar-refractivity contribution in [2.24, 2.45) is 0 Å². The topological polar surface area (TPSA) is 30.9 Å². The lowest BCUT2D eigenvalue weighted by Crippen LogP contribution is -2.17. The normalized spacial score (nSPS) is 11.9. The highest BCUT2D eigenvalue weighted by Crippen LogP contribution is 2.33. The Morgan fingerprint density at radius 3 is 1.56 bits per heavy atom. The van der Waals surface area contributed by atoms with Gasteiger partial charge in [-0.15, -0.1) is 0 Å². The molecular weight excluding hydrogens is 196 g/mol. The van der Waals surface area contributed by atoms with Gasteiger partial charge in [0.2, 0.25) is 0 Å². The van der Waals surface area contributed by atoms with Gasteiger partial charge in [0.15, 0.2) is 0 Å². The van der Waals surface area contributed by atoms with Crippen LogP contribution in [-0.2, 0) is 0 Å². The van der Waals surface area contributed by atoms with Gasteiger partial charge in [0.05, 0.1) is 0 Å². The van der Waals surface area contributed by atoms with Crippen LogP contribution in [-0.4, -0.2) is 4.68 Å². The van der Waals surface area contributed by atoms with Crippen molar-refractivity contribution in [2.45, 2.75) is 39.5 Å². The standard InChI is InChI=1S/C14H20N2/c1-9(2)13-11-7-5-6-8-12(11)14(10(3)4)16(13)15/h5-10H,15H2,1-4H3. The summed E-state index contributed by atoms with van der Waals surface area (Å²) < 4.78 is 1.89. The number of nitrogen functional groups attached to an aromatic ring is 1. The molecule has 2 N–H and O–H groups in total. The van der Waals surface area contributed by atoms with E-state index in [9.17, 15) is 0 Å². The zero-order valence-corrected chi connectivity index (χ0v) is 10.5. The van der Waals surface area contributed by atoms with Gasteiger partial charge in [-0.2, -0.15) is 0 Å². The fourth-order valence-corrected chi connectivity index (χ4v) is 2.50. The lowest BCUT2D eigenvalue weighted by Gasteiger charge is -2.12. The molecule has 0 unspecified atom stereocenters. The molecule has 0 atom stereocenters. The Morgan fingerprint density at radius 2 is 1.25 bits per heavy atom. The Balaban J connectivity index is 2.86. The van der Waals surface area contributed by atoms with Gasteiger partial charge in [-0.1, -0.05) is 52.0 Å². The maximum atomic E-state index is 6.23. The van der Waals surface area contributed by atoms with Gasteiger partial charge in [-0.3, -0.25) is 4.68 Å². The summed E-state index contributed by atoms with van der Waals surface area (Å²) in [5.41, 5.74) is 2.47. The van der Waals surface area contributed by atoms with E-state index in [1.165, 1.54) is 22.2 Å². The number of fused-ring (bicyclic) bond motifs is 1. The monoisotopic (exact) mass is 216 g/mol. The lowest BCUT2D eigenvalue weighted by molar-refractivity contribution is 0.713. The van der Waals surface area contributed by atoms with E-state index in [1.807, 2.05) is 4.68 Å². The Labute approximate surface area is 97.0 Å². The third-order valence-electron chi connectivity index (χ3n) is 3.09. The van der Waals surface area contributed by atoms with Crippen LogP contribution in [0.15, 0.2) is 24.3 Å². The van der Waals surface area contributed by atoms with E-state index in [0.29, 0.717) is 11.8 Å². The van der Waals surface area contributed by atoms with Crippen molar-refractivity contribution in [3.8, 4) is 0 Å². The van der Waals surface area contributed by atoms with E-state index in [2.05, 4.69) is 52.0 Å². The largest absolute Gasteiger partial charge is 0.339 e. The molecule has 0 amide bonds. The average molecular weight is 216 g/mol. The maximum Gasteiger partial charge on any atom is 0.0499 e. The zero-order valence-electron chi connectivity index (χ0n) is 10.5. The number of aromatic nitrogens is 1. The van der Waals surface area contributed by atoms with Crippen molar-refractivity contribution in [1.82, 2.24) is 4.68 Å². The molecule has 1 aromatic heterocycles. The van der Waals surface area contributed by atoms with Crippen LogP contribution in [0.1, 0.15) is 50.9 Å². The van der Waals surface area contributed by atoms with Gasteiger partial charge in [0.25, 0.3) is 0 Å². The van der Waals surface area contributed by atoms with E-state index in [4.69, 9.17) is 5.84 Å². The Bertz CT molecular complexity index is 462. The zero-order chi connectivity index (χ0) is 11.9. The van der Waals surface area contributed by atoms with Crippen LogP contribution in [0.4, 0.5) is 0 Å². The fourth-order valence-electron chi connectivity index (χ4n) is 2.50. The van der Waals surface area contributed by atoms with E-state index < -0.39 is 0 Å². The van der Waals surface area contributed by atoms with Crippen molar-refractivity contribution in [3.05, 3.63) is 35.7 Å². The molecule has 2 nitrogen and oxygen atoms in total. The van der Waals surface area contributed by atoms with Crippen LogP contribution in [0.3, 0.4) is 0 Å². The second-order valence-electron chi connectivity index (χ2n) is 5.00. The van der Waals surface area contributed by atoms with Crippen LogP contribution < -0.4 is 5.84 Å². The summed E-state index contributed by atoms with van der Waals surface area (Å²) in [5.74, 6) is 7.13. The molecule has 86 valence electrons. The lowest BCUT2D eigenvalue weighted by atomic mass is 10.0. The molecule has 2 heteroatoms. The van der Waals surface area contributed by atoms with Crippen molar-refractivity contribution in [3.63, 3.8) is 0 Å². The third kappa shape index (κ3) is 1.49. The first kappa shape index (κ1) is 11.1. The first-order valence-electron chi connectivity index (χ1n) is 5.92. The van der Waals surface area contributed by atoms with E-state index in [1.54, 1.807) is 0 Å². The molecule has 0 spiro atoms. The molecule has 0 aliphatic rings. The van der Waals surface area contributed by atoms with E-state index in [-0.39, 0.29) is 0 Å². The molecular formula is C14H20N2. The number of benzene rings is 1. The van der Waals surface area contributed by atoms with Crippen molar-refractivity contribution >= 4 is 10.8 Å². The third-order valence-corrected chi connectivity index (χ3v) is 3.09. The highest BCUT2D eigenvalue weighted by atomic mass is 15.3. The summed E-state index contributed by atoms with van der Waals surface area (Å²) in [4.78, 5) is 0. The molecule has 2 rings (SSSR count). The fraction of sp³-hybridized carbons (Fsp3) is 0.429. The highest BCUT2D eigenvalue weighted by Gasteiger charge is 2.18. The Hall–Kier alpha value is -1.44. The predicted octanol–water partition coefficient (Wildman–Crippen LogP) is 3.60. The summed E-state index contributed by atoms with van der Waals surface area (Å²) >= 11 is 0. The quantitative estimate of drug-likeness (QED) is 0.764. The van der Waals surface area contributed by atoms with Crippen LogP contribution in [0.25, 0.3) is 10.8 Å². The minimum Gasteiger partial charge on any atom is -0.339 e. The van der Waals surface area contributed by atoms with Crippen molar-refractivity contribution in [1.29, 1.82) is 0 Å². The van der Waals surface area contributed by atoms with E-state index >= 15 is 0 Å². The molecule has 0 radical (unpaired) electrons. The minimum atomic E-state index is 0.447. The van der Waals surface area contributed by atoms with Crippen LogP contribution in [0.2, 0.25) is 0 Å². The number of nitrogens with zero attached hydrogens (tertiary/aromatic N) is 1. The highest BCUT2D eigenvalue weighted by molar-refractivity contribution is 5.89. The minimum absolute atomic E-state index is 0.447. The van der Waals surface area contributed by atoms with Gasteiger partial charge < -0.3 is 5.84 Å². The maximum absolute atomic E-state index is 6.23.